The van der Waals surface area contributed by atoms with E-state index in [1.54, 1.807) is 20.4 Å². The number of anilines is 1. The number of aliphatic imine (C=N–C) groups is 1. The number of aromatic nitrogens is 2. The Kier molecular flexibility index (Phi) is 7.10. The van der Waals surface area contributed by atoms with E-state index in [9.17, 15) is 0 Å². The predicted molar refractivity (Wildman–Crippen MR) is 116 cm³/mol. The summed E-state index contributed by atoms with van der Waals surface area (Å²) in [5, 5.41) is 10.9. The minimum atomic E-state index is 0.593. The van der Waals surface area contributed by atoms with Crippen LogP contribution in [0.15, 0.2) is 65.9 Å². The van der Waals surface area contributed by atoms with Gasteiger partial charge in [-0.3, -0.25) is 4.99 Å². The first kappa shape index (κ1) is 20.3. The van der Waals surface area contributed by atoms with Gasteiger partial charge in [-0.25, -0.2) is 4.68 Å². The van der Waals surface area contributed by atoms with Crippen LogP contribution in [-0.4, -0.2) is 43.0 Å². The second-order valence-electron chi connectivity index (χ2n) is 6.29. The maximum absolute atomic E-state index is 5.56. The van der Waals surface area contributed by atoms with Crippen LogP contribution in [0, 0.1) is 0 Å². The number of benzene rings is 2. The van der Waals surface area contributed by atoms with Crippen molar-refractivity contribution in [1.29, 1.82) is 0 Å². The lowest BCUT2D eigenvalue weighted by Gasteiger charge is -2.14. The van der Waals surface area contributed by atoms with E-state index >= 15 is 0 Å². The molecule has 1 heterocycles. The Hall–Kier alpha value is -3.48. The van der Waals surface area contributed by atoms with Crippen molar-refractivity contribution in [2.24, 2.45) is 4.99 Å². The molecule has 0 amide bonds. The highest BCUT2D eigenvalue weighted by molar-refractivity contribution is 5.93. The van der Waals surface area contributed by atoms with Gasteiger partial charge >= 0.3 is 0 Å². The molecule has 29 heavy (non-hydrogen) atoms. The highest BCUT2D eigenvalue weighted by Crippen LogP contribution is 2.30. The van der Waals surface area contributed by atoms with Gasteiger partial charge < -0.3 is 20.1 Å². The third-order valence-corrected chi connectivity index (χ3v) is 4.36. The van der Waals surface area contributed by atoms with Crippen molar-refractivity contribution in [3.8, 4) is 17.2 Å². The Balaban J connectivity index is 1.53. The minimum Gasteiger partial charge on any atom is -0.493 e. The molecular weight excluding hydrogens is 366 g/mol. The second-order valence-corrected chi connectivity index (χ2v) is 6.29. The van der Waals surface area contributed by atoms with E-state index in [-0.39, 0.29) is 0 Å². The fourth-order valence-electron chi connectivity index (χ4n) is 2.90. The molecule has 0 aliphatic heterocycles. The first-order valence-corrected chi connectivity index (χ1v) is 9.61. The van der Waals surface area contributed by atoms with Crippen LogP contribution in [0.25, 0.3) is 5.69 Å². The number of hydrogen-bond acceptors (Lipinski definition) is 4. The molecule has 0 atom stereocenters. The van der Waals surface area contributed by atoms with Crippen LogP contribution in [0.4, 0.5) is 5.69 Å². The molecule has 0 aliphatic rings. The second kappa shape index (κ2) is 10.2. The Bertz CT molecular complexity index is 921. The average molecular weight is 393 g/mol. The van der Waals surface area contributed by atoms with Gasteiger partial charge in [-0.1, -0.05) is 12.1 Å². The number of nitrogens with zero attached hydrogens (tertiary/aromatic N) is 3. The highest BCUT2D eigenvalue weighted by Gasteiger charge is 2.07. The summed E-state index contributed by atoms with van der Waals surface area (Å²) in [4.78, 5) is 4.29. The van der Waals surface area contributed by atoms with Crippen LogP contribution < -0.4 is 20.1 Å². The minimum absolute atomic E-state index is 0.593. The van der Waals surface area contributed by atoms with Crippen LogP contribution in [0.5, 0.6) is 11.5 Å². The van der Waals surface area contributed by atoms with Gasteiger partial charge in [0, 0.05) is 37.7 Å². The fraction of sp³-hybridized carbons (Fsp3) is 0.273. The Morgan fingerprint density at radius 1 is 1.14 bits per heavy atom. The van der Waals surface area contributed by atoms with Gasteiger partial charge in [-0.15, -0.1) is 0 Å². The molecule has 2 aromatic carbocycles. The quantitative estimate of drug-likeness (QED) is 0.453. The lowest BCUT2D eigenvalue weighted by atomic mass is 10.1. The summed E-state index contributed by atoms with van der Waals surface area (Å²) < 4.78 is 12.8. The van der Waals surface area contributed by atoms with Gasteiger partial charge in [0.1, 0.15) is 0 Å². The molecule has 3 rings (SSSR count). The molecule has 1 aromatic heterocycles. The van der Waals surface area contributed by atoms with Gasteiger partial charge in [0.05, 0.1) is 19.4 Å². The van der Waals surface area contributed by atoms with Crippen LogP contribution in [0.2, 0.25) is 0 Å². The molecule has 0 spiro atoms. The Labute approximate surface area is 171 Å². The summed E-state index contributed by atoms with van der Waals surface area (Å²) in [5.74, 6) is 2.11. The van der Waals surface area contributed by atoms with Gasteiger partial charge in [-0.05, 0) is 49.2 Å². The van der Waals surface area contributed by atoms with Crippen molar-refractivity contribution >= 4 is 11.6 Å². The smallest absolute Gasteiger partial charge is 0.195 e. The molecule has 2 N–H and O–H groups in total. The number of methoxy groups -OCH3 is 1. The Morgan fingerprint density at radius 2 is 1.97 bits per heavy atom. The molecule has 152 valence electrons. The lowest BCUT2D eigenvalue weighted by molar-refractivity contribution is 0.311. The predicted octanol–water partition coefficient (Wildman–Crippen LogP) is 3.51. The third kappa shape index (κ3) is 5.51. The monoisotopic (exact) mass is 393 g/mol. The van der Waals surface area contributed by atoms with E-state index in [0.717, 1.165) is 30.1 Å². The van der Waals surface area contributed by atoms with Crippen molar-refractivity contribution in [2.75, 3.05) is 32.6 Å². The number of guanidine groups is 1. The number of hydrogen-bond donors (Lipinski definition) is 2. The van der Waals surface area contributed by atoms with Crippen molar-refractivity contribution < 1.29 is 9.47 Å². The molecule has 0 aliphatic carbocycles. The summed E-state index contributed by atoms with van der Waals surface area (Å²) >= 11 is 0. The molecule has 7 nitrogen and oxygen atoms in total. The fourth-order valence-corrected chi connectivity index (χ4v) is 2.90. The number of nitrogens with one attached hydrogen (secondary N) is 2. The number of ether oxygens (including phenoxy) is 2. The van der Waals surface area contributed by atoms with Crippen molar-refractivity contribution in [1.82, 2.24) is 15.1 Å². The molecular formula is C22H27N5O2. The van der Waals surface area contributed by atoms with Crippen molar-refractivity contribution in [3.63, 3.8) is 0 Å². The summed E-state index contributed by atoms with van der Waals surface area (Å²) in [6.45, 7) is 3.30. The number of rotatable bonds is 8. The van der Waals surface area contributed by atoms with E-state index in [1.807, 2.05) is 42.1 Å². The lowest BCUT2D eigenvalue weighted by Crippen LogP contribution is -2.32. The van der Waals surface area contributed by atoms with Gasteiger partial charge in [-0.2, -0.15) is 5.10 Å². The molecule has 0 unspecified atom stereocenters. The zero-order valence-electron chi connectivity index (χ0n) is 17.1. The molecule has 3 aromatic rings. The van der Waals surface area contributed by atoms with Crippen LogP contribution in [0.1, 0.15) is 12.5 Å². The van der Waals surface area contributed by atoms with Gasteiger partial charge in [0.2, 0.25) is 0 Å². The first-order chi connectivity index (χ1) is 14.2. The normalized spacial score (nSPS) is 11.2. The molecule has 7 heteroatoms. The standard InChI is InChI=1S/C22H27N5O2/c1-4-29-20-11-8-18(16-21(20)28-3)26-22(23-2)24-14-12-17-6-9-19(10-7-17)27-15-5-13-25-27/h5-11,13,15-16H,4,12,14H2,1-3H3,(H2,23,24,26). The SMILES string of the molecule is CCOc1ccc(NC(=NC)NCCc2ccc(-n3cccn3)cc2)cc1OC. The average Bonchev–Trinajstić information content (AvgIpc) is 3.29. The van der Waals surface area contributed by atoms with E-state index in [4.69, 9.17) is 9.47 Å². The highest BCUT2D eigenvalue weighted by atomic mass is 16.5. The molecule has 0 saturated heterocycles. The maximum atomic E-state index is 5.56. The zero-order valence-corrected chi connectivity index (χ0v) is 17.1. The molecule has 0 bridgehead atoms. The maximum Gasteiger partial charge on any atom is 0.195 e. The van der Waals surface area contributed by atoms with Crippen LogP contribution in [0.3, 0.4) is 0 Å². The third-order valence-electron chi connectivity index (χ3n) is 4.36. The van der Waals surface area contributed by atoms with Crippen LogP contribution in [-0.2, 0) is 6.42 Å². The van der Waals surface area contributed by atoms with E-state index < -0.39 is 0 Å². The first-order valence-electron chi connectivity index (χ1n) is 9.61. The van der Waals surface area contributed by atoms with Crippen LogP contribution >= 0.6 is 0 Å². The largest absolute Gasteiger partial charge is 0.493 e. The topological polar surface area (TPSA) is 72.7 Å². The Morgan fingerprint density at radius 3 is 2.62 bits per heavy atom. The summed E-state index contributed by atoms with van der Waals surface area (Å²) in [6, 6.07) is 16.0. The zero-order chi connectivity index (χ0) is 20.5. The van der Waals surface area contributed by atoms with E-state index in [1.165, 1.54) is 5.56 Å². The van der Waals surface area contributed by atoms with Crippen molar-refractivity contribution in [2.45, 2.75) is 13.3 Å². The summed E-state index contributed by atoms with van der Waals surface area (Å²) in [6.07, 6.45) is 4.59. The molecule has 0 radical (unpaired) electrons. The van der Waals surface area contributed by atoms with Crippen molar-refractivity contribution in [3.05, 3.63) is 66.5 Å². The molecule has 0 saturated carbocycles. The molecule has 0 fully saturated rings. The van der Waals surface area contributed by atoms with E-state index in [2.05, 4.69) is 45.0 Å². The van der Waals surface area contributed by atoms with Gasteiger partial charge in [0.15, 0.2) is 17.5 Å². The summed E-state index contributed by atoms with van der Waals surface area (Å²) in [5.41, 5.74) is 3.17. The van der Waals surface area contributed by atoms with Gasteiger partial charge in [0.25, 0.3) is 0 Å². The summed E-state index contributed by atoms with van der Waals surface area (Å²) in [7, 11) is 3.38. The van der Waals surface area contributed by atoms with E-state index in [0.29, 0.717) is 18.3 Å².